The van der Waals surface area contributed by atoms with E-state index in [9.17, 15) is 9.59 Å². The number of carbonyl (C=O) groups excluding carboxylic acids is 1. The van der Waals surface area contributed by atoms with Gasteiger partial charge in [0.25, 0.3) is 0 Å². The Labute approximate surface area is 119 Å². The molecule has 1 aliphatic rings. The number of hydrogen-bond acceptors (Lipinski definition) is 5. The molecule has 6 nitrogen and oxygen atoms in total. The van der Waals surface area contributed by atoms with Gasteiger partial charge >= 0.3 is 11.9 Å². The summed E-state index contributed by atoms with van der Waals surface area (Å²) in [5, 5.41) is 8.80. The second-order valence-corrected chi connectivity index (χ2v) is 5.02. The van der Waals surface area contributed by atoms with Crippen molar-refractivity contribution in [2.45, 2.75) is 32.8 Å². The number of carboxylic acids is 1. The van der Waals surface area contributed by atoms with E-state index in [2.05, 4.69) is 4.90 Å². The number of esters is 1. The number of hydrogen-bond donors (Lipinski definition) is 1. The van der Waals surface area contributed by atoms with Crippen molar-refractivity contribution in [1.82, 2.24) is 4.90 Å². The molecule has 0 spiro atoms. The summed E-state index contributed by atoms with van der Waals surface area (Å²) in [6.45, 7) is 7.53. The Morgan fingerprint density at radius 3 is 2.55 bits per heavy atom. The molecule has 0 amide bonds. The van der Waals surface area contributed by atoms with E-state index in [0.717, 1.165) is 45.3 Å². The molecule has 1 N–H and O–H groups in total. The van der Waals surface area contributed by atoms with Gasteiger partial charge in [-0.2, -0.15) is 0 Å². The normalized spacial score (nSPS) is 17.2. The molecule has 1 saturated heterocycles. The van der Waals surface area contributed by atoms with E-state index < -0.39 is 11.9 Å². The van der Waals surface area contributed by atoms with Crippen molar-refractivity contribution in [3.63, 3.8) is 0 Å². The topological polar surface area (TPSA) is 76.1 Å². The first-order chi connectivity index (χ1) is 9.49. The summed E-state index contributed by atoms with van der Waals surface area (Å²) in [6, 6.07) is 0. The van der Waals surface area contributed by atoms with Crippen molar-refractivity contribution in [1.29, 1.82) is 0 Å². The average molecular weight is 285 g/mol. The van der Waals surface area contributed by atoms with Crippen LogP contribution in [0, 0.1) is 0 Å². The predicted molar refractivity (Wildman–Crippen MR) is 73.4 cm³/mol. The van der Waals surface area contributed by atoms with E-state index >= 15 is 0 Å². The maximum atomic E-state index is 11.8. The zero-order chi connectivity index (χ0) is 15.0. The Morgan fingerprint density at radius 1 is 1.35 bits per heavy atom. The SMILES string of the molecule is CC(C)OC(=O)/C(=C/C(=O)O)CCCN1CCOCC1. The fraction of sp³-hybridized carbons (Fsp3) is 0.714. The zero-order valence-corrected chi connectivity index (χ0v) is 12.1. The average Bonchev–Trinajstić information content (AvgIpc) is 2.37. The minimum absolute atomic E-state index is 0.222. The Hall–Kier alpha value is -1.40. The van der Waals surface area contributed by atoms with Crippen molar-refractivity contribution < 1.29 is 24.2 Å². The summed E-state index contributed by atoms with van der Waals surface area (Å²) in [7, 11) is 0. The molecular formula is C14H23NO5. The second-order valence-electron chi connectivity index (χ2n) is 5.02. The Balaban J connectivity index is 2.44. The molecule has 1 heterocycles. The van der Waals surface area contributed by atoms with Gasteiger partial charge < -0.3 is 14.6 Å². The largest absolute Gasteiger partial charge is 0.478 e. The van der Waals surface area contributed by atoms with Gasteiger partial charge in [-0.25, -0.2) is 9.59 Å². The maximum Gasteiger partial charge on any atom is 0.334 e. The molecule has 0 radical (unpaired) electrons. The quantitative estimate of drug-likeness (QED) is 0.557. The molecule has 1 fully saturated rings. The van der Waals surface area contributed by atoms with Crippen LogP contribution in [0.3, 0.4) is 0 Å². The summed E-state index contributed by atoms with van der Waals surface area (Å²) in [5.74, 6) is -1.66. The van der Waals surface area contributed by atoms with Crippen LogP contribution in [0.1, 0.15) is 26.7 Å². The molecule has 20 heavy (non-hydrogen) atoms. The predicted octanol–water partition coefficient (Wildman–Crippen LogP) is 1.06. The Bertz CT molecular complexity index is 359. The minimum atomic E-state index is -1.12. The molecule has 6 heteroatoms. The molecule has 0 bridgehead atoms. The fourth-order valence-electron chi connectivity index (χ4n) is 1.99. The molecule has 0 saturated carbocycles. The number of aliphatic carboxylic acids is 1. The van der Waals surface area contributed by atoms with Crippen LogP contribution in [0.2, 0.25) is 0 Å². The number of rotatable bonds is 7. The van der Waals surface area contributed by atoms with Crippen LogP contribution in [0.5, 0.6) is 0 Å². The Kier molecular flexibility index (Phi) is 7.25. The lowest BCUT2D eigenvalue weighted by Gasteiger charge is -2.26. The van der Waals surface area contributed by atoms with Gasteiger partial charge in [-0.15, -0.1) is 0 Å². The summed E-state index contributed by atoms with van der Waals surface area (Å²) >= 11 is 0. The first kappa shape index (κ1) is 16.7. The smallest absolute Gasteiger partial charge is 0.334 e. The van der Waals surface area contributed by atoms with Gasteiger partial charge in [0.1, 0.15) is 0 Å². The van der Waals surface area contributed by atoms with Crippen LogP contribution in [0.4, 0.5) is 0 Å². The summed E-state index contributed by atoms with van der Waals surface area (Å²) < 4.78 is 10.3. The first-order valence-electron chi connectivity index (χ1n) is 6.93. The van der Waals surface area contributed by atoms with E-state index in [-0.39, 0.29) is 11.7 Å². The first-order valence-corrected chi connectivity index (χ1v) is 6.93. The van der Waals surface area contributed by atoms with Crippen LogP contribution in [0.25, 0.3) is 0 Å². The standard InChI is InChI=1S/C14H23NO5/c1-11(2)20-14(18)12(10-13(16)17)4-3-5-15-6-8-19-9-7-15/h10-11H,3-9H2,1-2H3,(H,16,17)/b12-10+. The lowest BCUT2D eigenvalue weighted by Crippen LogP contribution is -2.36. The van der Waals surface area contributed by atoms with Gasteiger partial charge in [-0.05, 0) is 33.2 Å². The Morgan fingerprint density at radius 2 is 2.00 bits per heavy atom. The third-order valence-corrected chi connectivity index (χ3v) is 2.93. The lowest BCUT2D eigenvalue weighted by molar-refractivity contribution is -0.143. The highest BCUT2D eigenvalue weighted by atomic mass is 16.5. The fourth-order valence-corrected chi connectivity index (χ4v) is 1.99. The van der Waals surface area contributed by atoms with E-state index in [1.807, 2.05) is 0 Å². The van der Waals surface area contributed by atoms with Crippen LogP contribution >= 0.6 is 0 Å². The molecule has 0 unspecified atom stereocenters. The van der Waals surface area contributed by atoms with Crippen LogP contribution < -0.4 is 0 Å². The van der Waals surface area contributed by atoms with E-state index in [1.54, 1.807) is 13.8 Å². The zero-order valence-electron chi connectivity index (χ0n) is 12.1. The maximum absolute atomic E-state index is 11.8. The number of carboxylic acid groups (broad SMARTS) is 1. The second kappa shape index (κ2) is 8.71. The van der Waals surface area contributed by atoms with Crippen molar-refractivity contribution in [2.24, 2.45) is 0 Å². The van der Waals surface area contributed by atoms with Crippen LogP contribution in [0.15, 0.2) is 11.6 Å². The van der Waals surface area contributed by atoms with Gasteiger partial charge in [-0.1, -0.05) is 0 Å². The van der Waals surface area contributed by atoms with E-state index in [0.29, 0.717) is 6.42 Å². The molecule has 0 aromatic rings. The lowest BCUT2D eigenvalue weighted by atomic mass is 10.1. The minimum Gasteiger partial charge on any atom is -0.478 e. The van der Waals surface area contributed by atoms with Gasteiger partial charge in [0.2, 0.25) is 0 Å². The highest BCUT2D eigenvalue weighted by Gasteiger charge is 2.16. The third kappa shape index (κ3) is 6.68. The molecule has 1 aliphatic heterocycles. The summed E-state index contributed by atoms with van der Waals surface area (Å²) in [4.78, 5) is 24.8. The highest BCUT2D eigenvalue weighted by molar-refractivity contribution is 5.95. The van der Waals surface area contributed by atoms with Crippen LogP contribution in [-0.2, 0) is 19.1 Å². The van der Waals surface area contributed by atoms with Crippen molar-refractivity contribution in [3.05, 3.63) is 11.6 Å². The van der Waals surface area contributed by atoms with Crippen LogP contribution in [-0.4, -0.2) is 60.9 Å². The van der Waals surface area contributed by atoms with E-state index in [1.165, 1.54) is 0 Å². The molecule has 0 aromatic heterocycles. The van der Waals surface area contributed by atoms with Gasteiger partial charge in [0.05, 0.1) is 19.3 Å². The molecule has 1 rings (SSSR count). The number of morpholine rings is 1. The van der Waals surface area contributed by atoms with Crippen molar-refractivity contribution in [2.75, 3.05) is 32.8 Å². The molecular weight excluding hydrogens is 262 g/mol. The highest BCUT2D eigenvalue weighted by Crippen LogP contribution is 2.11. The number of carbonyl (C=O) groups is 2. The summed E-state index contributed by atoms with van der Waals surface area (Å²) in [6.07, 6.45) is 1.84. The van der Waals surface area contributed by atoms with Gasteiger partial charge in [-0.3, -0.25) is 4.90 Å². The van der Waals surface area contributed by atoms with Crippen molar-refractivity contribution >= 4 is 11.9 Å². The van der Waals surface area contributed by atoms with Crippen molar-refractivity contribution in [3.8, 4) is 0 Å². The van der Waals surface area contributed by atoms with E-state index in [4.69, 9.17) is 14.6 Å². The molecule has 0 aromatic carbocycles. The number of nitrogens with zero attached hydrogens (tertiary/aromatic N) is 1. The number of ether oxygens (including phenoxy) is 2. The monoisotopic (exact) mass is 285 g/mol. The van der Waals surface area contributed by atoms with Gasteiger partial charge in [0.15, 0.2) is 0 Å². The molecule has 114 valence electrons. The van der Waals surface area contributed by atoms with Gasteiger partial charge in [0, 0.05) is 24.7 Å². The summed E-state index contributed by atoms with van der Waals surface area (Å²) in [5.41, 5.74) is 0.222. The molecule has 0 atom stereocenters. The molecule has 0 aliphatic carbocycles. The third-order valence-electron chi connectivity index (χ3n) is 2.93.